The van der Waals surface area contributed by atoms with Crippen LogP contribution in [-0.2, 0) is 16.1 Å². The summed E-state index contributed by atoms with van der Waals surface area (Å²) in [5, 5.41) is 10.6. The first kappa shape index (κ1) is 12.1. The van der Waals surface area contributed by atoms with E-state index in [-0.39, 0.29) is 35.6 Å². The minimum atomic E-state index is -1.11. The number of carbonyl (C=O) groups is 3. The molecule has 1 aromatic rings. The molecule has 8 heteroatoms. The summed E-state index contributed by atoms with van der Waals surface area (Å²) in [4.78, 5) is 38.6. The molecule has 0 atom stereocenters. The van der Waals surface area contributed by atoms with Crippen molar-refractivity contribution >= 4 is 40.9 Å². The molecule has 2 amide bonds. The standard InChI is InChI=1S/C9H8N2O4S2/c12-7-3-16-4-8(13)11(7)1-6-10-5(2-17-6)9(14)15/h2H,1,3-4H2,(H,14,15). The molecular formula is C9H8N2O4S2. The molecule has 1 fully saturated rings. The lowest BCUT2D eigenvalue weighted by Crippen LogP contribution is -2.42. The molecule has 1 saturated heterocycles. The number of amides is 2. The largest absolute Gasteiger partial charge is 0.476 e. The molecule has 90 valence electrons. The predicted molar refractivity (Wildman–Crippen MR) is 62.0 cm³/mol. The van der Waals surface area contributed by atoms with E-state index in [4.69, 9.17) is 5.11 Å². The van der Waals surface area contributed by atoms with Crippen LogP contribution in [0.4, 0.5) is 0 Å². The van der Waals surface area contributed by atoms with Gasteiger partial charge in [0.15, 0.2) is 5.69 Å². The van der Waals surface area contributed by atoms with Crippen molar-refractivity contribution in [1.82, 2.24) is 9.88 Å². The van der Waals surface area contributed by atoms with Crippen molar-refractivity contribution in [2.75, 3.05) is 11.5 Å². The molecule has 1 aliphatic heterocycles. The van der Waals surface area contributed by atoms with E-state index in [0.29, 0.717) is 5.01 Å². The van der Waals surface area contributed by atoms with E-state index < -0.39 is 5.97 Å². The SMILES string of the molecule is O=C(O)c1csc(CN2C(=O)CSCC2=O)n1. The number of nitrogens with zero attached hydrogens (tertiary/aromatic N) is 2. The van der Waals surface area contributed by atoms with Crippen molar-refractivity contribution in [2.45, 2.75) is 6.54 Å². The molecule has 0 saturated carbocycles. The molecule has 0 spiro atoms. The molecule has 2 heterocycles. The number of hydrogen-bond acceptors (Lipinski definition) is 6. The van der Waals surface area contributed by atoms with Crippen molar-refractivity contribution in [3.63, 3.8) is 0 Å². The molecule has 1 N–H and O–H groups in total. The zero-order valence-corrected chi connectivity index (χ0v) is 10.2. The van der Waals surface area contributed by atoms with Crippen LogP contribution in [0.1, 0.15) is 15.5 Å². The Labute approximate surface area is 105 Å². The van der Waals surface area contributed by atoms with Gasteiger partial charge in [0.1, 0.15) is 5.01 Å². The summed E-state index contributed by atoms with van der Waals surface area (Å²) in [6.07, 6.45) is 0. The lowest BCUT2D eigenvalue weighted by atomic mass is 10.4. The van der Waals surface area contributed by atoms with E-state index in [1.165, 1.54) is 17.1 Å². The van der Waals surface area contributed by atoms with Crippen LogP contribution in [-0.4, -0.2) is 44.3 Å². The highest BCUT2D eigenvalue weighted by molar-refractivity contribution is 8.00. The normalized spacial score (nSPS) is 16.4. The Morgan fingerprint density at radius 2 is 2.06 bits per heavy atom. The van der Waals surface area contributed by atoms with Gasteiger partial charge in [-0.3, -0.25) is 14.5 Å². The van der Waals surface area contributed by atoms with Crippen molar-refractivity contribution < 1.29 is 19.5 Å². The number of carbonyl (C=O) groups excluding carboxylic acids is 2. The first-order valence-corrected chi connectivity index (χ1v) is 6.70. The summed E-state index contributed by atoms with van der Waals surface area (Å²) in [6.45, 7) is 0.0656. The number of thiazole rings is 1. The zero-order valence-electron chi connectivity index (χ0n) is 8.58. The number of rotatable bonds is 3. The number of hydrogen-bond donors (Lipinski definition) is 1. The summed E-state index contributed by atoms with van der Waals surface area (Å²) in [5.74, 6) is -1.05. The van der Waals surface area contributed by atoms with Gasteiger partial charge in [0.05, 0.1) is 18.1 Å². The molecule has 0 radical (unpaired) electrons. The third-order valence-electron chi connectivity index (χ3n) is 2.12. The van der Waals surface area contributed by atoms with E-state index in [2.05, 4.69) is 4.98 Å². The fourth-order valence-electron chi connectivity index (χ4n) is 1.31. The summed E-state index contributed by atoms with van der Waals surface area (Å²) in [6, 6.07) is 0. The van der Waals surface area contributed by atoms with Gasteiger partial charge in [-0.25, -0.2) is 9.78 Å². The summed E-state index contributed by atoms with van der Waals surface area (Å²) in [7, 11) is 0. The minimum Gasteiger partial charge on any atom is -0.476 e. The molecular weight excluding hydrogens is 264 g/mol. The molecule has 1 aromatic heterocycles. The number of imide groups is 1. The highest BCUT2D eigenvalue weighted by Gasteiger charge is 2.27. The second-order valence-electron chi connectivity index (χ2n) is 3.30. The minimum absolute atomic E-state index is 0.0590. The third kappa shape index (κ3) is 2.64. The molecule has 0 unspecified atom stereocenters. The van der Waals surface area contributed by atoms with Gasteiger partial charge in [0, 0.05) is 5.38 Å². The Morgan fingerprint density at radius 1 is 1.41 bits per heavy atom. The fraction of sp³-hybridized carbons (Fsp3) is 0.333. The highest BCUT2D eigenvalue weighted by atomic mass is 32.2. The quantitative estimate of drug-likeness (QED) is 0.803. The van der Waals surface area contributed by atoms with Gasteiger partial charge in [-0.2, -0.15) is 0 Å². The maximum absolute atomic E-state index is 11.5. The Balaban J connectivity index is 2.11. The van der Waals surface area contributed by atoms with E-state index in [0.717, 1.165) is 16.2 Å². The van der Waals surface area contributed by atoms with Gasteiger partial charge < -0.3 is 5.11 Å². The molecule has 1 aliphatic rings. The van der Waals surface area contributed by atoms with Gasteiger partial charge in [-0.05, 0) is 0 Å². The van der Waals surface area contributed by atoms with Crippen LogP contribution in [0, 0.1) is 0 Å². The molecule has 2 rings (SSSR count). The Kier molecular flexibility index (Phi) is 3.43. The first-order chi connectivity index (χ1) is 8.08. The maximum atomic E-state index is 11.5. The molecule has 0 aliphatic carbocycles. The summed E-state index contributed by atoms with van der Waals surface area (Å²) >= 11 is 2.41. The lowest BCUT2D eigenvalue weighted by Gasteiger charge is -2.23. The van der Waals surface area contributed by atoms with Gasteiger partial charge in [-0.1, -0.05) is 0 Å². The van der Waals surface area contributed by atoms with Crippen LogP contribution >= 0.6 is 23.1 Å². The highest BCUT2D eigenvalue weighted by Crippen LogP contribution is 2.17. The van der Waals surface area contributed by atoms with Crippen LogP contribution in [0.2, 0.25) is 0 Å². The number of thioether (sulfide) groups is 1. The topological polar surface area (TPSA) is 87.6 Å². The van der Waals surface area contributed by atoms with E-state index >= 15 is 0 Å². The van der Waals surface area contributed by atoms with Crippen molar-refractivity contribution in [2.24, 2.45) is 0 Å². The van der Waals surface area contributed by atoms with Crippen molar-refractivity contribution in [1.29, 1.82) is 0 Å². The van der Waals surface area contributed by atoms with Crippen molar-refractivity contribution in [3.8, 4) is 0 Å². The number of carboxylic acids is 1. The maximum Gasteiger partial charge on any atom is 0.355 e. The van der Waals surface area contributed by atoms with Gasteiger partial charge in [-0.15, -0.1) is 23.1 Å². The smallest absolute Gasteiger partial charge is 0.355 e. The predicted octanol–water partition coefficient (Wildman–Crippen LogP) is 0.443. The van der Waals surface area contributed by atoms with Crippen molar-refractivity contribution in [3.05, 3.63) is 16.1 Å². The average molecular weight is 272 g/mol. The second-order valence-corrected chi connectivity index (χ2v) is 5.23. The van der Waals surface area contributed by atoms with Crippen LogP contribution < -0.4 is 0 Å². The first-order valence-electron chi connectivity index (χ1n) is 4.66. The summed E-state index contributed by atoms with van der Waals surface area (Å²) in [5.41, 5.74) is -0.0590. The Morgan fingerprint density at radius 3 is 2.59 bits per heavy atom. The monoisotopic (exact) mass is 272 g/mol. The number of aromatic nitrogens is 1. The third-order valence-corrected chi connectivity index (χ3v) is 3.85. The molecule has 17 heavy (non-hydrogen) atoms. The average Bonchev–Trinajstić information content (AvgIpc) is 2.72. The summed E-state index contributed by atoms with van der Waals surface area (Å²) < 4.78 is 0. The Bertz CT molecular complexity index is 469. The van der Waals surface area contributed by atoms with E-state index in [9.17, 15) is 14.4 Å². The van der Waals surface area contributed by atoms with Crippen LogP contribution in [0.5, 0.6) is 0 Å². The van der Waals surface area contributed by atoms with Gasteiger partial charge in [0.25, 0.3) is 0 Å². The van der Waals surface area contributed by atoms with Crippen LogP contribution in [0.3, 0.4) is 0 Å². The van der Waals surface area contributed by atoms with Crippen LogP contribution in [0.15, 0.2) is 5.38 Å². The van der Waals surface area contributed by atoms with Crippen LogP contribution in [0.25, 0.3) is 0 Å². The van der Waals surface area contributed by atoms with Gasteiger partial charge in [0.2, 0.25) is 11.8 Å². The second kappa shape index (κ2) is 4.84. The lowest BCUT2D eigenvalue weighted by molar-refractivity contribution is -0.142. The number of aromatic carboxylic acids is 1. The fourth-order valence-corrected chi connectivity index (χ4v) is 2.83. The zero-order chi connectivity index (χ0) is 12.4. The van der Waals surface area contributed by atoms with E-state index in [1.807, 2.05) is 0 Å². The molecule has 6 nitrogen and oxygen atoms in total. The van der Waals surface area contributed by atoms with Gasteiger partial charge >= 0.3 is 5.97 Å². The Hall–Kier alpha value is -1.41. The molecule has 0 bridgehead atoms. The van der Waals surface area contributed by atoms with E-state index in [1.54, 1.807) is 0 Å². The molecule has 0 aromatic carbocycles. The number of carboxylic acid groups (broad SMARTS) is 1.